The summed E-state index contributed by atoms with van der Waals surface area (Å²) in [4.78, 5) is 0. The molecule has 0 amide bonds. The number of hydrogen-bond acceptors (Lipinski definition) is 4. The van der Waals surface area contributed by atoms with Crippen LogP contribution < -0.4 is 11.3 Å². The molecule has 3 N–H and O–H groups in total. The first-order chi connectivity index (χ1) is 9.68. The van der Waals surface area contributed by atoms with Gasteiger partial charge in [0.25, 0.3) is 0 Å². The van der Waals surface area contributed by atoms with Gasteiger partial charge in [-0.2, -0.15) is 23.7 Å². The lowest BCUT2D eigenvalue weighted by Crippen LogP contribution is -2.22. The molecule has 0 aliphatic carbocycles. The lowest BCUT2D eigenvalue weighted by atomic mass is 10.0. The molecule has 10 heteroatoms. The van der Waals surface area contributed by atoms with E-state index in [1.165, 1.54) is 12.1 Å². The van der Waals surface area contributed by atoms with E-state index in [0.29, 0.717) is 6.07 Å². The maximum Gasteiger partial charge on any atom is 0.417 e. The summed E-state index contributed by atoms with van der Waals surface area (Å²) in [5.41, 5.74) is -0.339. The molecule has 1 aromatic rings. The summed E-state index contributed by atoms with van der Waals surface area (Å²) in [7, 11) is 0. The molecule has 0 spiro atoms. The molecule has 0 unspecified atom stereocenters. The summed E-state index contributed by atoms with van der Waals surface area (Å²) in [6, 6.07) is 3.56. The molecular weight excluding hydrogens is 352 g/mol. The fraction of sp³-hybridized carbons (Fsp3) is 0.0909. The third-order valence-corrected chi connectivity index (χ3v) is 3.50. The smallest absolute Gasteiger partial charge is 0.322 e. The minimum Gasteiger partial charge on any atom is -0.322 e. The second kappa shape index (κ2) is 6.42. The molecular formula is C11H4Cl3F3N4. The van der Waals surface area contributed by atoms with Gasteiger partial charge >= 0.3 is 6.18 Å². The molecule has 0 atom stereocenters. The Morgan fingerprint density at radius 3 is 2.05 bits per heavy atom. The maximum atomic E-state index is 12.8. The second-order valence-electron chi connectivity index (χ2n) is 3.52. The second-order valence-corrected chi connectivity index (χ2v) is 4.69. The quantitative estimate of drug-likeness (QED) is 0.365. The lowest BCUT2D eigenvalue weighted by molar-refractivity contribution is -0.137. The van der Waals surface area contributed by atoms with Crippen LogP contribution in [0.4, 0.5) is 13.2 Å². The van der Waals surface area contributed by atoms with Gasteiger partial charge in [-0.1, -0.05) is 34.8 Å². The standard InChI is InChI=1S/C11H4Cl3F3N4/c12-6-1-5(11(15,16)17)8(13)9(14)7(6)10(21-20)4(2-18)3-19/h1,21H,20H2. The van der Waals surface area contributed by atoms with Crippen molar-refractivity contribution in [3.05, 3.63) is 37.8 Å². The normalized spacial score (nSPS) is 10.5. The lowest BCUT2D eigenvalue weighted by Gasteiger charge is -2.16. The zero-order valence-electron chi connectivity index (χ0n) is 9.82. The van der Waals surface area contributed by atoms with Gasteiger partial charge < -0.3 is 5.43 Å². The van der Waals surface area contributed by atoms with Crippen LogP contribution in [0.3, 0.4) is 0 Å². The minimum atomic E-state index is -4.77. The molecule has 0 aliphatic rings. The number of hydrazine groups is 1. The number of nitrogens with two attached hydrogens (primary N) is 1. The Kier molecular flexibility index (Phi) is 5.32. The van der Waals surface area contributed by atoms with Gasteiger partial charge in [-0.3, -0.25) is 5.84 Å². The van der Waals surface area contributed by atoms with Crippen molar-refractivity contribution in [3.8, 4) is 12.1 Å². The van der Waals surface area contributed by atoms with Crippen LogP contribution in [0.25, 0.3) is 5.70 Å². The topological polar surface area (TPSA) is 85.6 Å². The van der Waals surface area contributed by atoms with Crippen LogP contribution in [0.2, 0.25) is 15.1 Å². The van der Waals surface area contributed by atoms with E-state index in [2.05, 4.69) is 0 Å². The molecule has 4 nitrogen and oxygen atoms in total. The van der Waals surface area contributed by atoms with E-state index < -0.39 is 32.4 Å². The Balaban J connectivity index is 3.78. The third kappa shape index (κ3) is 3.34. The van der Waals surface area contributed by atoms with Gasteiger partial charge in [-0.05, 0) is 6.07 Å². The molecule has 0 aliphatic heterocycles. The van der Waals surface area contributed by atoms with Crippen molar-refractivity contribution in [1.29, 1.82) is 10.5 Å². The summed E-state index contributed by atoms with van der Waals surface area (Å²) in [5.74, 6) is 5.18. The fourth-order valence-electron chi connectivity index (χ4n) is 1.44. The van der Waals surface area contributed by atoms with Gasteiger partial charge in [0.1, 0.15) is 12.1 Å². The predicted molar refractivity (Wildman–Crippen MR) is 71.9 cm³/mol. The van der Waals surface area contributed by atoms with Gasteiger partial charge in [0.05, 0.1) is 26.3 Å². The molecule has 1 aromatic carbocycles. The van der Waals surface area contributed by atoms with Gasteiger partial charge in [0.15, 0.2) is 5.57 Å². The van der Waals surface area contributed by atoms with Gasteiger partial charge in [-0.15, -0.1) is 0 Å². The number of nitrogens with one attached hydrogen (secondary N) is 1. The Morgan fingerprint density at radius 2 is 1.67 bits per heavy atom. The Labute approximate surface area is 132 Å². The van der Waals surface area contributed by atoms with Crippen molar-refractivity contribution in [2.24, 2.45) is 5.84 Å². The highest BCUT2D eigenvalue weighted by molar-refractivity contribution is 6.45. The number of benzene rings is 1. The SMILES string of the molecule is N#CC(C#N)=C(NN)c1c(Cl)cc(C(F)(F)F)c(Cl)c1Cl. The van der Waals surface area contributed by atoms with E-state index in [1.807, 2.05) is 5.43 Å². The Bertz CT molecular complexity index is 683. The zero-order chi connectivity index (χ0) is 16.4. The summed E-state index contributed by atoms with van der Waals surface area (Å²) < 4.78 is 38.3. The van der Waals surface area contributed by atoms with Crippen LogP contribution >= 0.6 is 34.8 Å². The van der Waals surface area contributed by atoms with Gasteiger partial charge in [-0.25, -0.2) is 0 Å². The summed E-state index contributed by atoms with van der Waals surface area (Å²) in [5, 5.41) is 15.7. The Morgan fingerprint density at radius 1 is 1.14 bits per heavy atom. The van der Waals surface area contributed by atoms with Crippen LogP contribution in [-0.4, -0.2) is 0 Å². The zero-order valence-corrected chi connectivity index (χ0v) is 12.1. The van der Waals surface area contributed by atoms with Gasteiger partial charge in [0.2, 0.25) is 0 Å². The van der Waals surface area contributed by atoms with Crippen LogP contribution in [-0.2, 0) is 6.18 Å². The molecule has 0 heterocycles. The summed E-state index contributed by atoms with van der Waals surface area (Å²) in [6.45, 7) is 0. The van der Waals surface area contributed by atoms with Gasteiger partial charge in [0, 0.05) is 5.56 Å². The molecule has 0 saturated heterocycles. The number of hydrogen-bond donors (Lipinski definition) is 2. The third-order valence-electron chi connectivity index (χ3n) is 2.33. The molecule has 0 bridgehead atoms. The molecule has 0 aromatic heterocycles. The van der Waals surface area contributed by atoms with E-state index in [-0.39, 0.29) is 11.3 Å². The molecule has 110 valence electrons. The van der Waals surface area contributed by atoms with Crippen molar-refractivity contribution >= 4 is 40.5 Å². The van der Waals surface area contributed by atoms with Crippen molar-refractivity contribution in [3.63, 3.8) is 0 Å². The van der Waals surface area contributed by atoms with E-state index in [1.54, 1.807) is 0 Å². The highest BCUT2D eigenvalue weighted by Crippen LogP contribution is 2.44. The highest BCUT2D eigenvalue weighted by Gasteiger charge is 2.36. The Hall–Kier alpha value is -1.64. The van der Waals surface area contributed by atoms with E-state index in [4.69, 9.17) is 51.2 Å². The number of alkyl halides is 3. The van der Waals surface area contributed by atoms with E-state index >= 15 is 0 Å². The molecule has 0 saturated carbocycles. The molecule has 0 radical (unpaired) electrons. The average Bonchev–Trinajstić information content (AvgIpc) is 2.40. The molecule has 21 heavy (non-hydrogen) atoms. The first-order valence-corrected chi connectivity index (χ1v) is 6.08. The van der Waals surface area contributed by atoms with Crippen LogP contribution in [0.1, 0.15) is 11.1 Å². The first-order valence-electron chi connectivity index (χ1n) is 4.95. The number of allylic oxidation sites excluding steroid dienone is 1. The molecule has 1 rings (SSSR count). The summed E-state index contributed by atoms with van der Waals surface area (Å²) >= 11 is 17.1. The number of nitriles is 2. The maximum absolute atomic E-state index is 12.8. The van der Waals surface area contributed by atoms with Crippen LogP contribution in [0.15, 0.2) is 11.6 Å². The monoisotopic (exact) mass is 354 g/mol. The highest BCUT2D eigenvalue weighted by atomic mass is 35.5. The van der Waals surface area contributed by atoms with Crippen molar-refractivity contribution in [2.45, 2.75) is 6.18 Å². The van der Waals surface area contributed by atoms with E-state index in [9.17, 15) is 13.2 Å². The van der Waals surface area contributed by atoms with Crippen molar-refractivity contribution in [1.82, 2.24) is 5.43 Å². The summed E-state index contributed by atoms with van der Waals surface area (Å²) in [6.07, 6.45) is -4.77. The first kappa shape index (κ1) is 17.4. The van der Waals surface area contributed by atoms with Crippen molar-refractivity contribution < 1.29 is 13.2 Å². The fourth-order valence-corrected chi connectivity index (χ4v) is 2.34. The van der Waals surface area contributed by atoms with Crippen LogP contribution in [0, 0.1) is 22.7 Å². The predicted octanol–water partition coefficient (Wildman–Crippen LogP) is 3.89. The minimum absolute atomic E-state index is 0.267. The molecule has 0 fully saturated rings. The largest absolute Gasteiger partial charge is 0.417 e. The number of rotatable bonds is 2. The van der Waals surface area contributed by atoms with Crippen LogP contribution in [0.5, 0.6) is 0 Å². The van der Waals surface area contributed by atoms with Crippen molar-refractivity contribution in [2.75, 3.05) is 0 Å². The average molecular weight is 356 g/mol. The van der Waals surface area contributed by atoms with E-state index in [0.717, 1.165) is 0 Å². The number of halogens is 6. The number of nitrogens with zero attached hydrogens (tertiary/aromatic N) is 2.